The molecule has 0 saturated carbocycles. The fourth-order valence-corrected chi connectivity index (χ4v) is 2.94. The van der Waals surface area contributed by atoms with Gasteiger partial charge in [0.25, 0.3) is 0 Å². The largest absolute Gasteiger partial charge is 0.453 e. The number of alkyl carbamates (subject to hydrolysis) is 1. The third kappa shape index (κ3) is 4.80. The smallest absolute Gasteiger partial charge is 0.408 e. The molecule has 156 valence electrons. The molecule has 0 unspecified atom stereocenters. The van der Waals surface area contributed by atoms with E-state index in [9.17, 15) is 13.6 Å². The second-order valence-electron chi connectivity index (χ2n) is 6.45. The number of hydrogen-bond donors (Lipinski definition) is 1. The third-order valence-corrected chi connectivity index (χ3v) is 4.32. The number of nitrogens with one attached hydrogen (secondary N) is 1. The molecule has 3 aromatic rings. The molecule has 4 rings (SSSR count). The Kier molecular flexibility index (Phi) is 6.42. The van der Waals surface area contributed by atoms with Gasteiger partial charge in [-0.15, -0.1) is 12.4 Å². The van der Waals surface area contributed by atoms with Gasteiger partial charge >= 0.3 is 12.0 Å². The number of para-hydroxylation sites is 2. The first kappa shape index (κ1) is 21.4. The lowest BCUT2D eigenvalue weighted by Crippen LogP contribution is -2.49. The van der Waals surface area contributed by atoms with E-state index in [0.29, 0.717) is 17.2 Å². The zero-order valence-electron chi connectivity index (χ0n) is 15.6. The van der Waals surface area contributed by atoms with Gasteiger partial charge in [-0.25, -0.2) is 13.6 Å². The zero-order valence-corrected chi connectivity index (χ0v) is 16.4. The first-order valence-electron chi connectivity index (χ1n) is 8.92. The zero-order chi connectivity index (χ0) is 20.3. The van der Waals surface area contributed by atoms with E-state index in [1.807, 2.05) is 24.3 Å². The topological polar surface area (TPSA) is 56.8 Å². The van der Waals surface area contributed by atoms with Crippen LogP contribution in [0.4, 0.5) is 13.6 Å². The Labute approximate surface area is 178 Å². The molecule has 1 heterocycles. The van der Waals surface area contributed by atoms with Gasteiger partial charge in [0.05, 0.1) is 0 Å². The molecular formula is C22H18ClF2NO4. The minimum absolute atomic E-state index is 0. The molecule has 8 heteroatoms. The summed E-state index contributed by atoms with van der Waals surface area (Å²) in [5, 5.41) is 2.18. The Morgan fingerprint density at radius 3 is 2.03 bits per heavy atom. The van der Waals surface area contributed by atoms with Crippen molar-refractivity contribution in [3.8, 4) is 23.0 Å². The average molecular weight is 434 g/mol. The number of hydrogen-bond acceptors (Lipinski definition) is 4. The third-order valence-electron chi connectivity index (χ3n) is 4.32. The molecular weight excluding hydrogens is 416 g/mol. The van der Waals surface area contributed by atoms with Crippen LogP contribution < -0.4 is 14.8 Å². The van der Waals surface area contributed by atoms with Crippen LogP contribution in [0.2, 0.25) is 0 Å². The number of amides is 1. The summed E-state index contributed by atoms with van der Waals surface area (Å²) in [6.45, 7) is -0.985. The van der Waals surface area contributed by atoms with Gasteiger partial charge in [-0.2, -0.15) is 0 Å². The molecule has 30 heavy (non-hydrogen) atoms. The molecule has 1 N–H and O–H groups in total. The van der Waals surface area contributed by atoms with Crippen molar-refractivity contribution in [3.05, 3.63) is 84.4 Å². The SMILES string of the molecule is Cl.O=C1N[C@@H](c2ccc(Oc3ccccc3)c(Oc3ccccc3)c2)C(F)(F)CO1. The summed E-state index contributed by atoms with van der Waals surface area (Å²) in [6.07, 6.45) is -0.893. The average Bonchev–Trinajstić information content (AvgIpc) is 2.73. The van der Waals surface area contributed by atoms with E-state index in [1.54, 1.807) is 36.4 Å². The Morgan fingerprint density at radius 2 is 1.43 bits per heavy atom. The number of carbonyl (C=O) groups excluding carboxylic acids is 1. The van der Waals surface area contributed by atoms with Gasteiger partial charge in [0, 0.05) is 0 Å². The number of cyclic esters (lactones) is 1. The number of halogens is 3. The van der Waals surface area contributed by atoms with Crippen molar-refractivity contribution in [1.29, 1.82) is 0 Å². The molecule has 0 aromatic heterocycles. The predicted octanol–water partition coefficient (Wildman–Crippen LogP) is 6.11. The predicted molar refractivity (Wildman–Crippen MR) is 109 cm³/mol. The molecule has 1 amide bonds. The second kappa shape index (κ2) is 9.00. The molecule has 0 spiro atoms. The van der Waals surface area contributed by atoms with Gasteiger partial charge in [-0.3, -0.25) is 0 Å². The van der Waals surface area contributed by atoms with Crippen LogP contribution in [0.25, 0.3) is 0 Å². The monoisotopic (exact) mass is 433 g/mol. The van der Waals surface area contributed by atoms with Crippen molar-refractivity contribution in [2.45, 2.75) is 12.0 Å². The summed E-state index contributed by atoms with van der Waals surface area (Å²) in [6, 6.07) is 20.9. The minimum Gasteiger partial charge on any atom is -0.453 e. The van der Waals surface area contributed by atoms with Crippen molar-refractivity contribution in [2.24, 2.45) is 0 Å². The standard InChI is InChI=1S/C22H17F2NO4.ClH/c23-22(24)14-27-21(26)25-20(22)15-11-12-18(28-16-7-3-1-4-8-16)19(13-15)29-17-9-5-2-6-10-17;/h1-13,20H,14H2,(H,25,26);1H/t20-;/m0./s1. The highest BCUT2D eigenvalue weighted by molar-refractivity contribution is 5.85. The molecule has 1 aliphatic heterocycles. The molecule has 5 nitrogen and oxygen atoms in total. The second-order valence-corrected chi connectivity index (χ2v) is 6.45. The maximum absolute atomic E-state index is 14.3. The molecule has 0 bridgehead atoms. The normalized spacial score (nSPS) is 17.1. The fourth-order valence-electron chi connectivity index (χ4n) is 2.94. The lowest BCUT2D eigenvalue weighted by molar-refractivity contribution is -0.104. The van der Waals surface area contributed by atoms with Crippen molar-refractivity contribution in [2.75, 3.05) is 6.61 Å². The van der Waals surface area contributed by atoms with E-state index < -0.39 is 24.7 Å². The van der Waals surface area contributed by atoms with E-state index in [4.69, 9.17) is 9.47 Å². The molecule has 0 aliphatic carbocycles. The fraction of sp³-hybridized carbons (Fsp3) is 0.136. The maximum atomic E-state index is 14.3. The summed E-state index contributed by atoms with van der Waals surface area (Å²) in [7, 11) is 0. The van der Waals surface area contributed by atoms with Crippen LogP contribution >= 0.6 is 12.4 Å². The van der Waals surface area contributed by atoms with Gasteiger partial charge < -0.3 is 19.5 Å². The highest BCUT2D eigenvalue weighted by atomic mass is 35.5. The maximum Gasteiger partial charge on any atom is 0.408 e. The number of alkyl halides is 2. The first-order valence-corrected chi connectivity index (χ1v) is 8.92. The molecule has 3 aromatic carbocycles. The van der Waals surface area contributed by atoms with E-state index in [1.165, 1.54) is 18.2 Å². The lowest BCUT2D eigenvalue weighted by Gasteiger charge is -2.32. The highest BCUT2D eigenvalue weighted by Crippen LogP contribution is 2.41. The van der Waals surface area contributed by atoms with Crippen LogP contribution in [0.15, 0.2) is 78.9 Å². The molecule has 1 aliphatic rings. The van der Waals surface area contributed by atoms with Gasteiger partial charge in [0.15, 0.2) is 18.1 Å². The molecule has 1 fully saturated rings. The van der Waals surface area contributed by atoms with Crippen LogP contribution in [0.1, 0.15) is 11.6 Å². The Morgan fingerprint density at radius 1 is 0.867 bits per heavy atom. The van der Waals surface area contributed by atoms with Crippen LogP contribution in [-0.2, 0) is 4.74 Å². The van der Waals surface area contributed by atoms with Crippen LogP contribution in [0.5, 0.6) is 23.0 Å². The number of carbonyl (C=O) groups is 1. The van der Waals surface area contributed by atoms with Crippen molar-refractivity contribution in [1.82, 2.24) is 5.32 Å². The van der Waals surface area contributed by atoms with Gasteiger partial charge in [-0.1, -0.05) is 42.5 Å². The van der Waals surface area contributed by atoms with Crippen molar-refractivity contribution >= 4 is 18.5 Å². The molecule has 1 saturated heterocycles. The summed E-state index contributed by atoms with van der Waals surface area (Å²) in [4.78, 5) is 11.5. The van der Waals surface area contributed by atoms with Crippen LogP contribution in [-0.4, -0.2) is 18.6 Å². The summed E-state index contributed by atoms with van der Waals surface area (Å²) < 4.78 is 44.8. The van der Waals surface area contributed by atoms with E-state index in [0.717, 1.165) is 0 Å². The van der Waals surface area contributed by atoms with Crippen LogP contribution in [0.3, 0.4) is 0 Å². The van der Waals surface area contributed by atoms with Crippen molar-refractivity contribution < 1.29 is 27.8 Å². The van der Waals surface area contributed by atoms with E-state index >= 15 is 0 Å². The summed E-state index contributed by atoms with van der Waals surface area (Å²) >= 11 is 0. The van der Waals surface area contributed by atoms with E-state index in [2.05, 4.69) is 10.1 Å². The first-order chi connectivity index (χ1) is 14.0. The number of benzene rings is 3. The lowest BCUT2D eigenvalue weighted by atomic mass is 9.99. The van der Waals surface area contributed by atoms with Gasteiger partial charge in [0.1, 0.15) is 17.5 Å². The highest BCUT2D eigenvalue weighted by Gasteiger charge is 2.47. The number of rotatable bonds is 5. The minimum atomic E-state index is -3.26. The Balaban J connectivity index is 0.00000256. The Hall–Kier alpha value is -3.32. The molecule has 0 radical (unpaired) electrons. The number of ether oxygens (including phenoxy) is 3. The molecule has 1 atom stereocenters. The quantitative estimate of drug-likeness (QED) is 0.527. The van der Waals surface area contributed by atoms with Crippen molar-refractivity contribution in [3.63, 3.8) is 0 Å². The van der Waals surface area contributed by atoms with Gasteiger partial charge in [-0.05, 0) is 42.0 Å². The summed E-state index contributed by atoms with van der Waals surface area (Å²) in [5.41, 5.74) is 0.179. The van der Waals surface area contributed by atoms with E-state index in [-0.39, 0.29) is 23.7 Å². The Bertz CT molecular complexity index is 1000. The summed E-state index contributed by atoms with van der Waals surface area (Å²) in [5.74, 6) is -1.58. The van der Waals surface area contributed by atoms with Crippen LogP contribution in [0, 0.1) is 0 Å². The van der Waals surface area contributed by atoms with Gasteiger partial charge in [0.2, 0.25) is 0 Å².